The van der Waals surface area contributed by atoms with Crippen LogP contribution in [0.4, 0.5) is 13.2 Å². The summed E-state index contributed by atoms with van der Waals surface area (Å²) in [5, 5.41) is 11.7. The normalized spacial score (nSPS) is 15.2. The average Bonchev–Trinajstić information content (AvgIpc) is 3.02. The zero-order valence-corrected chi connectivity index (χ0v) is 20.6. The Hall–Kier alpha value is -2.95. The SMILES string of the molecule is CC(C)C[C@@H](NC(=O)CN(C)C)c1nnc2n1CCN(C(=O)Cc1cccc(C(F)(F)F)c1)CC2. The van der Waals surface area contributed by atoms with E-state index in [2.05, 4.69) is 29.4 Å². The van der Waals surface area contributed by atoms with E-state index in [0.29, 0.717) is 49.8 Å². The summed E-state index contributed by atoms with van der Waals surface area (Å²) in [7, 11) is 3.65. The second kappa shape index (κ2) is 11.2. The van der Waals surface area contributed by atoms with E-state index in [1.807, 2.05) is 18.7 Å². The lowest BCUT2D eigenvalue weighted by molar-refractivity contribution is -0.138. The predicted molar refractivity (Wildman–Crippen MR) is 124 cm³/mol. The number of hydrogen-bond donors (Lipinski definition) is 1. The Morgan fingerprint density at radius 2 is 1.89 bits per heavy atom. The number of nitrogens with one attached hydrogen (secondary N) is 1. The number of rotatable bonds is 8. The molecule has 0 saturated carbocycles. The topological polar surface area (TPSA) is 83.4 Å². The number of carbonyl (C=O) groups excluding carboxylic acids is 2. The van der Waals surface area contributed by atoms with Gasteiger partial charge in [-0.2, -0.15) is 13.2 Å². The van der Waals surface area contributed by atoms with Crippen molar-refractivity contribution in [2.45, 2.75) is 51.9 Å². The molecule has 2 heterocycles. The lowest BCUT2D eigenvalue weighted by Crippen LogP contribution is -2.38. The summed E-state index contributed by atoms with van der Waals surface area (Å²) in [5.41, 5.74) is -0.434. The molecule has 0 aliphatic carbocycles. The van der Waals surface area contributed by atoms with Gasteiger partial charge in [0.15, 0.2) is 5.82 Å². The Morgan fingerprint density at radius 3 is 2.54 bits per heavy atom. The van der Waals surface area contributed by atoms with Gasteiger partial charge in [0.05, 0.1) is 24.6 Å². The van der Waals surface area contributed by atoms with E-state index in [1.165, 1.54) is 12.1 Å². The Balaban J connectivity index is 1.71. The van der Waals surface area contributed by atoms with Gasteiger partial charge in [0.25, 0.3) is 0 Å². The molecule has 1 aromatic carbocycles. The van der Waals surface area contributed by atoms with Gasteiger partial charge in [-0.25, -0.2) is 0 Å². The van der Waals surface area contributed by atoms with E-state index in [-0.39, 0.29) is 30.8 Å². The third-order valence-corrected chi connectivity index (χ3v) is 5.83. The molecule has 0 fully saturated rings. The zero-order valence-electron chi connectivity index (χ0n) is 20.6. The quantitative estimate of drug-likeness (QED) is 0.610. The van der Waals surface area contributed by atoms with Crippen LogP contribution >= 0.6 is 0 Å². The monoisotopic (exact) mass is 494 g/mol. The van der Waals surface area contributed by atoms with Crippen molar-refractivity contribution >= 4 is 11.8 Å². The number of fused-ring (bicyclic) bond motifs is 1. The number of likely N-dealkylation sites (N-methyl/N-ethyl adjacent to an activating group) is 1. The van der Waals surface area contributed by atoms with Crippen LogP contribution in [0.3, 0.4) is 0 Å². The van der Waals surface area contributed by atoms with E-state index in [9.17, 15) is 22.8 Å². The summed E-state index contributed by atoms with van der Waals surface area (Å²) in [6, 6.07) is 4.57. The highest BCUT2D eigenvalue weighted by Gasteiger charge is 2.31. The van der Waals surface area contributed by atoms with E-state index in [4.69, 9.17) is 0 Å². The first-order valence-corrected chi connectivity index (χ1v) is 11.7. The zero-order chi connectivity index (χ0) is 25.8. The minimum Gasteiger partial charge on any atom is -0.345 e. The third kappa shape index (κ3) is 7.27. The molecule has 1 aliphatic heterocycles. The van der Waals surface area contributed by atoms with Gasteiger partial charge in [-0.1, -0.05) is 32.0 Å². The summed E-state index contributed by atoms with van der Waals surface area (Å²) in [6.07, 6.45) is -3.39. The van der Waals surface area contributed by atoms with E-state index >= 15 is 0 Å². The lowest BCUT2D eigenvalue weighted by atomic mass is 10.0. The van der Waals surface area contributed by atoms with Gasteiger partial charge in [0.2, 0.25) is 11.8 Å². The standard InChI is InChI=1S/C24H33F3N6O2/c1-16(2)12-19(28-21(34)15-31(3)4)23-30-29-20-8-9-32(10-11-33(20)23)22(35)14-17-6-5-7-18(13-17)24(25,26)27/h5-7,13,16,19H,8-12,14-15H2,1-4H3,(H,28,34)/t19-/m1/s1. The van der Waals surface area contributed by atoms with Gasteiger partial charge in [0.1, 0.15) is 5.82 Å². The largest absolute Gasteiger partial charge is 0.416 e. The van der Waals surface area contributed by atoms with E-state index < -0.39 is 11.7 Å². The van der Waals surface area contributed by atoms with Gasteiger partial charge in [-0.15, -0.1) is 10.2 Å². The number of hydrogen-bond acceptors (Lipinski definition) is 5. The Kier molecular flexibility index (Phi) is 8.52. The fourth-order valence-electron chi connectivity index (χ4n) is 4.22. The van der Waals surface area contributed by atoms with Crippen LogP contribution in [0.5, 0.6) is 0 Å². The molecule has 2 aromatic rings. The molecule has 1 aromatic heterocycles. The molecule has 1 N–H and O–H groups in total. The molecule has 192 valence electrons. The molecule has 3 rings (SSSR count). The van der Waals surface area contributed by atoms with Crippen LogP contribution < -0.4 is 5.32 Å². The minimum atomic E-state index is -4.45. The summed E-state index contributed by atoms with van der Waals surface area (Å²) in [5.74, 6) is 1.36. The number of nitrogens with zero attached hydrogens (tertiary/aromatic N) is 5. The van der Waals surface area contributed by atoms with Crippen LogP contribution in [-0.4, -0.2) is 70.1 Å². The van der Waals surface area contributed by atoms with Gasteiger partial charge in [0, 0.05) is 26.1 Å². The summed E-state index contributed by atoms with van der Waals surface area (Å²) < 4.78 is 41.0. The summed E-state index contributed by atoms with van der Waals surface area (Å²) in [4.78, 5) is 28.8. The van der Waals surface area contributed by atoms with Gasteiger partial charge >= 0.3 is 6.18 Å². The molecule has 0 spiro atoms. The molecule has 35 heavy (non-hydrogen) atoms. The lowest BCUT2D eigenvalue weighted by Gasteiger charge is -2.23. The maximum atomic E-state index is 13.0. The molecule has 1 aliphatic rings. The van der Waals surface area contributed by atoms with Crippen molar-refractivity contribution in [2.75, 3.05) is 33.7 Å². The highest BCUT2D eigenvalue weighted by molar-refractivity contribution is 5.79. The Bertz CT molecular complexity index is 1030. The van der Waals surface area contributed by atoms with Gasteiger partial charge < -0.3 is 19.7 Å². The van der Waals surface area contributed by atoms with Crippen molar-refractivity contribution in [3.8, 4) is 0 Å². The van der Waals surface area contributed by atoms with Crippen LogP contribution in [0.2, 0.25) is 0 Å². The van der Waals surface area contributed by atoms with Crippen molar-refractivity contribution in [3.63, 3.8) is 0 Å². The molecule has 0 radical (unpaired) electrons. The van der Waals surface area contributed by atoms with Crippen LogP contribution in [0.15, 0.2) is 24.3 Å². The second-order valence-corrected chi connectivity index (χ2v) is 9.62. The van der Waals surface area contributed by atoms with Crippen molar-refractivity contribution in [3.05, 3.63) is 47.0 Å². The molecular formula is C24H33F3N6O2. The van der Waals surface area contributed by atoms with Crippen LogP contribution in [0.25, 0.3) is 0 Å². The maximum Gasteiger partial charge on any atom is 0.416 e. The van der Waals surface area contributed by atoms with Crippen molar-refractivity contribution in [1.29, 1.82) is 0 Å². The molecule has 2 amide bonds. The Morgan fingerprint density at radius 1 is 1.14 bits per heavy atom. The first-order chi connectivity index (χ1) is 16.4. The van der Waals surface area contributed by atoms with Crippen LogP contribution in [0.1, 0.15) is 49.1 Å². The van der Waals surface area contributed by atoms with Gasteiger partial charge in [-0.05, 0) is 38.1 Å². The molecular weight excluding hydrogens is 461 g/mol. The molecule has 11 heteroatoms. The van der Waals surface area contributed by atoms with Gasteiger partial charge in [-0.3, -0.25) is 9.59 Å². The summed E-state index contributed by atoms with van der Waals surface area (Å²) >= 11 is 0. The van der Waals surface area contributed by atoms with Crippen molar-refractivity contribution in [1.82, 2.24) is 29.9 Å². The molecule has 1 atom stereocenters. The summed E-state index contributed by atoms with van der Waals surface area (Å²) in [6.45, 7) is 5.63. The van der Waals surface area contributed by atoms with Crippen molar-refractivity contribution < 1.29 is 22.8 Å². The molecule has 0 saturated heterocycles. The number of carbonyl (C=O) groups is 2. The predicted octanol–water partition coefficient (Wildman–Crippen LogP) is 2.69. The fraction of sp³-hybridized carbons (Fsp3) is 0.583. The highest BCUT2D eigenvalue weighted by atomic mass is 19.4. The average molecular weight is 495 g/mol. The smallest absolute Gasteiger partial charge is 0.345 e. The van der Waals surface area contributed by atoms with Crippen LogP contribution in [-0.2, 0) is 35.2 Å². The Labute approximate surface area is 203 Å². The maximum absolute atomic E-state index is 13.0. The fourth-order valence-corrected chi connectivity index (χ4v) is 4.22. The molecule has 8 nitrogen and oxygen atoms in total. The number of benzene rings is 1. The molecule has 0 unspecified atom stereocenters. The van der Waals surface area contributed by atoms with E-state index in [1.54, 1.807) is 9.80 Å². The van der Waals surface area contributed by atoms with Crippen molar-refractivity contribution in [2.24, 2.45) is 5.92 Å². The second-order valence-electron chi connectivity index (χ2n) is 9.62. The third-order valence-electron chi connectivity index (χ3n) is 5.83. The number of alkyl halides is 3. The highest BCUT2D eigenvalue weighted by Crippen LogP contribution is 2.30. The first-order valence-electron chi connectivity index (χ1n) is 11.7. The first kappa shape index (κ1) is 26.7. The van der Waals surface area contributed by atoms with Crippen LogP contribution in [0, 0.1) is 5.92 Å². The molecule has 0 bridgehead atoms. The number of halogens is 3. The number of aromatic nitrogens is 3. The minimum absolute atomic E-state index is 0.103. The van der Waals surface area contributed by atoms with E-state index in [0.717, 1.165) is 18.0 Å². The number of amides is 2.